The average molecular weight is 345 g/mol. The summed E-state index contributed by atoms with van der Waals surface area (Å²) >= 11 is 5.09. The Kier molecular flexibility index (Phi) is 4.25. The Bertz CT molecular complexity index is 734. The van der Waals surface area contributed by atoms with Gasteiger partial charge in [0.2, 0.25) is 0 Å². The van der Waals surface area contributed by atoms with Crippen molar-refractivity contribution in [1.29, 1.82) is 0 Å². The van der Waals surface area contributed by atoms with Gasteiger partial charge < -0.3 is 15.7 Å². The topological polar surface area (TPSA) is 122 Å². The summed E-state index contributed by atoms with van der Waals surface area (Å²) in [5.41, 5.74) is -0.812. The van der Waals surface area contributed by atoms with Crippen LogP contribution in [-0.2, 0) is 9.84 Å². The maximum Gasteiger partial charge on any atom is 0.271 e. The number of aromatic hydroxyl groups is 1. The number of nitrogens with zero attached hydrogens (tertiary/aromatic N) is 1. The summed E-state index contributed by atoms with van der Waals surface area (Å²) in [5.74, 6) is -0.150. The first kappa shape index (κ1) is 16.4. The fourth-order valence-corrected chi connectivity index (χ4v) is 4.72. The number of anilines is 1. The lowest BCUT2D eigenvalue weighted by molar-refractivity contribution is -0.384. The fraction of sp³-hybridized carbons (Fsp3) is 0.417. The molecule has 1 aromatic rings. The molecule has 3 N–H and O–H groups in total. The Morgan fingerprint density at radius 3 is 2.73 bits per heavy atom. The van der Waals surface area contributed by atoms with Crippen molar-refractivity contribution in [2.75, 3.05) is 16.8 Å². The number of benzene rings is 1. The smallest absolute Gasteiger partial charge is 0.271 e. The predicted molar refractivity (Wildman–Crippen MR) is 85.8 cm³/mol. The van der Waals surface area contributed by atoms with Crippen molar-refractivity contribution in [3.05, 3.63) is 28.3 Å². The molecule has 1 unspecified atom stereocenters. The maximum atomic E-state index is 11.5. The number of hydrogen-bond acceptors (Lipinski definition) is 6. The molecule has 1 aromatic carbocycles. The van der Waals surface area contributed by atoms with Gasteiger partial charge in [-0.25, -0.2) is 8.42 Å². The normalized spacial score (nSPS) is 23.0. The number of hydrogen-bond donors (Lipinski definition) is 3. The van der Waals surface area contributed by atoms with E-state index in [-0.39, 0.29) is 33.7 Å². The Labute approximate surface area is 132 Å². The van der Waals surface area contributed by atoms with Crippen molar-refractivity contribution in [3.8, 4) is 5.75 Å². The van der Waals surface area contributed by atoms with Crippen LogP contribution in [0.2, 0.25) is 0 Å². The molecule has 0 saturated carbocycles. The second-order valence-corrected chi connectivity index (χ2v) is 8.03. The molecular formula is C12H15N3O5S2. The van der Waals surface area contributed by atoms with Crippen molar-refractivity contribution < 1.29 is 18.4 Å². The van der Waals surface area contributed by atoms with Crippen molar-refractivity contribution in [1.82, 2.24) is 5.32 Å². The summed E-state index contributed by atoms with van der Waals surface area (Å²) in [6.07, 6.45) is 0.415. The zero-order valence-corrected chi connectivity index (χ0v) is 13.3. The summed E-state index contributed by atoms with van der Waals surface area (Å²) in [7, 11) is -3.09. The van der Waals surface area contributed by atoms with E-state index in [0.29, 0.717) is 6.42 Å². The molecular weight excluding hydrogens is 330 g/mol. The summed E-state index contributed by atoms with van der Waals surface area (Å²) in [6, 6.07) is 3.50. The molecule has 1 heterocycles. The molecule has 0 amide bonds. The highest BCUT2D eigenvalue weighted by atomic mass is 32.2. The highest BCUT2D eigenvalue weighted by Gasteiger charge is 2.38. The van der Waals surface area contributed by atoms with Gasteiger partial charge in [0.05, 0.1) is 27.7 Å². The van der Waals surface area contributed by atoms with Crippen LogP contribution in [0.15, 0.2) is 18.2 Å². The van der Waals surface area contributed by atoms with E-state index in [9.17, 15) is 23.6 Å². The van der Waals surface area contributed by atoms with Crippen LogP contribution >= 0.6 is 12.2 Å². The minimum atomic E-state index is -3.09. The van der Waals surface area contributed by atoms with E-state index in [4.69, 9.17) is 12.2 Å². The molecule has 1 saturated heterocycles. The molecule has 8 nitrogen and oxygen atoms in total. The van der Waals surface area contributed by atoms with E-state index >= 15 is 0 Å². The molecule has 1 aliphatic rings. The van der Waals surface area contributed by atoms with E-state index in [1.165, 1.54) is 12.1 Å². The quantitative estimate of drug-likeness (QED) is 0.323. The van der Waals surface area contributed by atoms with Crippen LogP contribution in [-0.4, -0.2) is 40.6 Å². The van der Waals surface area contributed by atoms with E-state index in [2.05, 4.69) is 10.6 Å². The van der Waals surface area contributed by atoms with E-state index < -0.39 is 20.3 Å². The Morgan fingerprint density at radius 1 is 1.50 bits per heavy atom. The molecule has 0 spiro atoms. The van der Waals surface area contributed by atoms with Crippen LogP contribution in [0.3, 0.4) is 0 Å². The van der Waals surface area contributed by atoms with Crippen LogP contribution in [0.25, 0.3) is 0 Å². The van der Waals surface area contributed by atoms with Gasteiger partial charge in [0, 0.05) is 12.1 Å². The number of nitrogens with one attached hydrogen (secondary N) is 2. The van der Waals surface area contributed by atoms with Crippen molar-refractivity contribution >= 4 is 38.5 Å². The lowest BCUT2D eigenvalue weighted by atomic mass is 10.0. The molecule has 1 aliphatic heterocycles. The third-order valence-corrected chi connectivity index (χ3v) is 5.47. The molecule has 120 valence electrons. The number of nitro benzene ring substituents is 1. The SMILES string of the molecule is CC1(NC(=S)Nc2cc([N+](=O)[O-])ccc2O)CCS(=O)(=O)C1. The number of phenolic OH excluding ortho intramolecular Hbond substituents is 1. The minimum Gasteiger partial charge on any atom is -0.506 e. The minimum absolute atomic E-state index is 0.0389. The highest BCUT2D eigenvalue weighted by molar-refractivity contribution is 7.91. The largest absolute Gasteiger partial charge is 0.506 e. The zero-order chi connectivity index (χ0) is 16.5. The first-order valence-electron chi connectivity index (χ1n) is 6.37. The van der Waals surface area contributed by atoms with Gasteiger partial charge in [-0.2, -0.15) is 0 Å². The molecule has 10 heteroatoms. The molecule has 0 aliphatic carbocycles. The molecule has 0 aromatic heterocycles. The van der Waals surface area contributed by atoms with Crippen molar-refractivity contribution in [3.63, 3.8) is 0 Å². The van der Waals surface area contributed by atoms with E-state index in [0.717, 1.165) is 6.07 Å². The first-order chi connectivity index (χ1) is 10.1. The van der Waals surface area contributed by atoms with E-state index in [1.807, 2.05) is 0 Å². The van der Waals surface area contributed by atoms with E-state index in [1.54, 1.807) is 6.92 Å². The number of phenols is 1. The van der Waals surface area contributed by atoms with Gasteiger partial charge in [-0.05, 0) is 31.6 Å². The zero-order valence-electron chi connectivity index (χ0n) is 11.7. The van der Waals surface area contributed by atoms with Crippen LogP contribution in [0.1, 0.15) is 13.3 Å². The Morgan fingerprint density at radius 2 is 2.18 bits per heavy atom. The monoisotopic (exact) mass is 345 g/mol. The first-order valence-corrected chi connectivity index (χ1v) is 8.60. The van der Waals surface area contributed by atoms with Gasteiger partial charge in [-0.3, -0.25) is 10.1 Å². The van der Waals surface area contributed by atoms with Gasteiger partial charge in [0.25, 0.3) is 5.69 Å². The number of non-ortho nitro benzene ring substituents is 1. The molecule has 0 radical (unpaired) electrons. The summed E-state index contributed by atoms with van der Waals surface area (Å²) in [6.45, 7) is 1.73. The van der Waals surface area contributed by atoms with Gasteiger partial charge in [0.15, 0.2) is 14.9 Å². The third kappa shape index (κ3) is 3.83. The summed E-state index contributed by atoms with van der Waals surface area (Å²) in [5, 5.41) is 26.1. The van der Waals surface area contributed by atoms with Gasteiger partial charge in [-0.15, -0.1) is 0 Å². The molecule has 1 fully saturated rings. The van der Waals surface area contributed by atoms with Crippen LogP contribution in [0.4, 0.5) is 11.4 Å². The Balaban J connectivity index is 2.10. The lowest BCUT2D eigenvalue weighted by Crippen LogP contribution is -2.48. The molecule has 1 atom stereocenters. The van der Waals surface area contributed by atoms with Crippen LogP contribution in [0, 0.1) is 10.1 Å². The summed E-state index contributed by atoms with van der Waals surface area (Å²) < 4.78 is 23.1. The number of rotatable bonds is 3. The van der Waals surface area contributed by atoms with Crippen molar-refractivity contribution in [2.45, 2.75) is 18.9 Å². The third-order valence-electron chi connectivity index (χ3n) is 3.36. The highest BCUT2D eigenvalue weighted by Crippen LogP contribution is 2.28. The molecule has 0 bridgehead atoms. The van der Waals surface area contributed by atoms with Crippen LogP contribution in [0.5, 0.6) is 5.75 Å². The van der Waals surface area contributed by atoms with Gasteiger partial charge in [-0.1, -0.05) is 0 Å². The fourth-order valence-electron chi connectivity index (χ4n) is 2.27. The average Bonchev–Trinajstić information content (AvgIpc) is 2.65. The lowest BCUT2D eigenvalue weighted by Gasteiger charge is -2.26. The van der Waals surface area contributed by atoms with Gasteiger partial charge >= 0.3 is 0 Å². The van der Waals surface area contributed by atoms with Crippen LogP contribution < -0.4 is 10.6 Å². The van der Waals surface area contributed by atoms with Crippen molar-refractivity contribution in [2.24, 2.45) is 0 Å². The predicted octanol–water partition coefficient (Wildman–Crippen LogP) is 1.16. The maximum absolute atomic E-state index is 11.5. The number of thiocarbonyl (C=S) groups is 1. The molecule has 22 heavy (non-hydrogen) atoms. The second kappa shape index (κ2) is 5.69. The standard InChI is InChI=1S/C12H15N3O5S2/c1-12(4-5-22(19,20)7-12)14-11(21)13-9-6-8(15(17)18)2-3-10(9)16/h2-3,6,16H,4-5,7H2,1H3,(H2,13,14,21). The Hall–Kier alpha value is -1.94. The van der Waals surface area contributed by atoms with Gasteiger partial charge in [0.1, 0.15) is 5.75 Å². The summed E-state index contributed by atoms with van der Waals surface area (Å²) in [4.78, 5) is 10.1. The number of nitro groups is 1. The molecule has 2 rings (SSSR count). The second-order valence-electron chi connectivity index (χ2n) is 5.44. The number of sulfone groups is 1.